The molecule has 0 aliphatic carbocycles. The number of hydrogen-bond donors (Lipinski definition) is 1. The van der Waals surface area contributed by atoms with Crippen LogP contribution in [0.5, 0.6) is 0 Å². The van der Waals surface area contributed by atoms with Crippen LogP contribution in [0.4, 0.5) is 0 Å². The van der Waals surface area contributed by atoms with Gasteiger partial charge in [-0.15, -0.1) is 0 Å². The van der Waals surface area contributed by atoms with Gasteiger partial charge in [0.1, 0.15) is 0 Å². The lowest BCUT2D eigenvalue weighted by atomic mass is 10.2. The fourth-order valence-corrected chi connectivity index (χ4v) is 4.85. The first-order chi connectivity index (χ1) is 10.1. The van der Waals surface area contributed by atoms with Gasteiger partial charge in [0.25, 0.3) is 0 Å². The van der Waals surface area contributed by atoms with Gasteiger partial charge in [0, 0.05) is 19.1 Å². The molecule has 6 heteroatoms. The van der Waals surface area contributed by atoms with E-state index in [1.807, 2.05) is 0 Å². The Morgan fingerprint density at radius 1 is 1.19 bits per heavy atom. The molecule has 116 valence electrons. The summed E-state index contributed by atoms with van der Waals surface area (Å²) in [6, 6.07) is 6.96. The Labute approximate surface area is 126 Å². The number of rotatable bonds is 4. The number of hydrogen-bond acceptors (Lipinski definition) is 4. The maximum Gasteiger partial charge on any atom is 0.243 e. The Bertz CT molecular complexity index is 597. The van der Waals surface area contributed by atoms with Crippen LogP contribution in [0.3, 0.4) is 0 Å². The number of aliphatic hydroxyl groups is 1. The highest BCUT2D eigenvalue weighted by Gasteiger charge is 2.35. The molecule has 1 unspecified atom stereocenters. The molecule has 2 aliphatic heterocycles. The first kappa shape index (κ1) is 15.0. The molecule has 0 spiro atoms. The Balaban J connectivity index is 1.76. The molecule has 0 bridgehead atoms. The maximum atomic E-state index is 12.7. The summed E-state index contributed by atoms with van der Waals surface area (Å²) in [5.74, 6) is 0. The summed E-state index contributed by atoms with van der Waals surface area (Å²) in [5, 5.41) is 9.16. The zero-order valence-electron chi connectivity index (χ0n) is 12.1. The summed E-state index contributed by atoms with van der Waals surface area (Å²) in [5.41, 5.74) is 0.631. The standard InChI is InChI=1S/C15H22N2O3S/c18-12-13-4-3-5-15(10-13)21(19,20)17-9-6-14(11-17)16-7-1-2-8-16/h3-5,10,14,18H,1-2,6-9,11-12H2. The van der Waals surface area contributed by atoms with Crippen molar-refractivity contribution in [2.24, 2.45) is 0 Å². The monoisotopic (exact) mass is 310 g/mol. The number of likely N-dealkylation sites (tertiary alicyclic amines) is 1. The summed E-state index contributed by atoms with van der Waals surface area (Å²) < 4.78 is 27.0. The van der Waals surface area contributed by atoms with Gasteiger partial charge in [-0.3, -0.25) is 4.90 Å². The highest BCUT2D eigenvalue weighted by Crippen LogP contribution is 2.26. The van der Waals surface area contributed by atoms with Crippen LogP contribution in [-0.4, -0.2) is 55.0 Å². The Kier molecular flexibility index (Phi) is 4.31. The van der Waals surface area contributed by atoms with E-state index in [9.17, 15) is 8.42 Å². The molecule has 0 saturated carbocycles. The van der Waals surface area contributed by atoms with E-state index in [0.717, 1.165) is 19.5 Å². The molecule has 2 saturated heterocycles. The van der Waals surface area contributed by atoms with Gasteiger partial charge in [-0.05, 0) is 50.0 Å². The second-order valence-corrected chi connectivity index (χ2v) is 7.79. The van der Waals surface area contributed by atoms with Gasteiger partial charge >= 0.3 is 0 Å². The normalized spacial score (nSPS) is 24.7. The third-order valence-corrected chi connectivity index (χ3v) is 6.36. The number of benzene rings is 1. The molecule has 5 nitrogen and oxygen atoms in total. The van der Waals surface area contributed by atoms with Gasteiger partial charge in [0.2, 0.25) is 10.0 Å². The summed E-state index contributed by atoms with van der Waals surface area (Å²) >= 11 is 0. The summed E-state index contributed by atoms with van der Waals surface area (Å²) in [7, 11) is -3.44. The predicted octanol–water partition coefficient (Wildman–Crippen LogP) is 1.04. The number of nitrogens with zero attached hydrogens (tertiary/aromatic N) is 2. The van der Waals surface area contributed by atoms with Crippen molar-refractivity contribution >= 4 is 10.0 Å². The van der Waals surface area contributed by atoms with Crippen LogP contribution in [0.1, 0.15) is 24.8 Å². The lowest BCUT2D eigenvalue weighted by Crippen LogP contribution is -2.37. The average molecular weight is 310 g/mol. The quantitative estimate of drug-likeness (QED) is 0.902. The Morgan fingerprint density at radius 3 is 2.67 bits per heavy atom. The van der Waals surface area contributed by atoms with Gasteiger partial charge in [0.15, 0.2) is 0 Å². The van der Waals surface area contributed by atoms with Crippen LogP contribution in [0.15, 0.2) is 29.2 Å². The van der Waals surface area contributed by atoms with E-state index in [-0.39, 0.29) is 11.5 Å². The summed E-state index contributed by atoms with van der Waals surface area (Å²) in [4.78, 5) is 2.70. The van der Waals surface area contributed by atoms with E-state index in [4.69, 9.17) is 5.11 Å². The molecule has 0 amide bonds. The van der Waals surface area contributed by atoms with Crippen LogP contribution >= 0.6 is 0 Å². The van der Waals surface area contributed by atoms with Crippen LogP contribution in [0, 0.1) is 0 Å². The Morgan fingerprint density at radius 2 is 1.95 bits per heavy atom. The van der Waals surface area contributed by atoms with Gasteiger partial charge < -0.3 is 5.11 Å². The predicted molar refractivity (Wildman–Crippen MR) is 80.3 cm³/mol. The van der Waals surface area contributed by atoms with Crippen LogP contribution < -0.4 is 0 Å². The molecule has 2 fully saturated rings. The van der Waals surface area contributed by atoms with Gasteiger partial charge in [-0.2, -0.15) is 4.31 Å². The molecule has 2 heterocycles. The van der Waals surface area contributed by atoms with Gasteiger partial charge in [-0.25, -0.2) is 8.42 Å². The lowest BCUT2D eigenvalue weighted by Gasteiger charge is -2.23. The van der Waals surface area contributed by atoms with E-state index >= 15 is 0 Å². The molecule has 3 rings (SSSR count). The second kappa shape index (κ2) is 6.04. The average Bonchev–Trinajstić information content (AvgIpc) is 3.18. The number of sulfonamides is 1. The third kappa shape index (κ3) is 2.99. The van der Waals surface area contributed by atoms with E-state index < -0.39 is 10.0 Å². The fourth-order valence-electron chi connectivity index (χ4n) is 3.29. The molecule has 1 aromatic carbocycles. The van der Waals surface area contributed by atoms with Crippen molar-refractivity contribution in [1.82, 2.24) is 9.21 Å². The number of aliphatic hydroxyl groups excluding tert-OH is 1. The highest BCUT2D eigenvalue weighted by atomic mass is 32.2. The van der Waals surface area contributed by atoms with E-state index in [2.05, 4.69) is 4.90 Å². The largest absolute Gasteiger partial charge is 0.392 e. The van der Waals surface area contributed by atoms with Crippen molar-refractivity contribution in [2.75, 3.05) is 26.2 Å². The zero-order chi connectivity index (χ0) is 14.9. The van der Waals surface area contributed by atoms with Crippen molar-refractivity contribution < 1.29 is 13.5 Å². The molecular formula is C15H22N2O3S. The molecule has 1 atom stereocenters. The van der Waals surface area contributed by atoms with Gasteiger partial charge in [0.05, 0.1) is 11.5 Å². The minimum atomic E-state index is -3.44. The van der Waals surface area contributed by atoms with Crippen molar-refractivity contribution in [1.29, 1.82) is 0 Å². The van der Waals surface area contributed by atoms with Crippen molar-refractivity contribution in [3.8, 4) is 0 Å². The maximum absolute atomic E-state index is 12.7. The van der Waals surface area contributed by atoms with E-state index in [1.54, 1.807) is 28.6 Å². The topological polar surface area (TPSA) is 60.9 Å². The minimum absolute atomic E-state index is 0.139. The minimum Gasteiger partial charge on any atom is -0.392 e. The molecular weight excluding hydrogens is 288 g/mol. The molecule has 1 N–H and O–H groups in total. The van der Waals surface area contributed by atoms with Crippen LogP contribution in [-0.2, 0) is 16.6 Å². The van der Waals surface area contributed by atoms with Crippen LogP contribution in [0.25, 0.3) is 0 Å². The first-order valence-corrected chi connectivity index (χ1v) is 8.99. The van der Waals surface area contributed by atoms with Crippen molar-refractivity contribution in [3.05, 3.63) is 29.8 Å². The zero-order valence-corrected chi connectivity index (χ0v) is 12.9. The van der Waals surface area contributed by atoms with Crippen LogP contribution in [0.2, 0.25) is 0 Å². The molecule has 1 aromatic rings. The molecule has 21 heavy (non-hydrogen) atoms. The Hall–Kier alpha value is -0.950. The van der Waals surface area contributed by atoms with E-state index in [1.165, 1.54) is 12.8 Å². The van der Waals surface area contributed by atoms with E-state index in [0.29, 0.717) is 24.7 Å². The van der Waals surface area contributed by atoms with Crippen molar-refractivity contribution in [2.45, 2.75) is 36.8 Å². The highest BCUT2D eigenvalue weighted by molar-refractivity contribution is 7.89. The smallest absolute Gasteiger partial charge is 0.243 e. The molecule has 0 radical (unpaired) electrons. The van der Waals surface area contributed by atoms with Gasteiger partial charge in [-0.1, -0.05) is 12.1 Å². The second-order valence-electron chi connectivity index (χ2n) is 5.85. The third-order valence-electron chi connectivity index (χ3n) is 4.50. The molecule has 0 aromatic heterocycles. The first-order valence-electron chi connectivity index (χ1n) is 7.55. The fraction of sp³-hybridized carbons (Fsp3) is 0.600. The SMILES string of the molecule is O=S(=O)(c1cccc(CO)c1)N1CCC(N2CCCC2)C1. The summed E-state index contributed by atoms with van der Waals surface area (Å²) in [6.07, 6.45) is 3.36. The lowest BCUT2D eigenvalue weighted by molar-refractivity contribution is 0.251. The summed E-state index contributed by atoms with van der Waals surface area (Å²) in [6.45, 7) is 3.23. The van der Waals surface area contributed by atoms with Crippen molar-refractivity contribution in [3.63, 3.8) is 0 Å². The molecule has 2 aliphatic rings.